The van der Waals surface area contributed by atoms with Gasteiger partial charge in [0.25, 0.3) is 15.0 Å². The minimum Gasteiger partial charge on any atom is -0.335 e. The van der Waals surface area contributed by atoms with Crippen LogP contribution in [0.3, 0.4) is 0 Å². The zero-order valence-corrected chi connectivity index (χ0v) is 13.2. The molecule has 20 heavy (non-hydrogen) atoms. The van der Waals surface area contributed by atoms with E-state index in [4.69, 9.17) is 10.7 Å². The van der Waals surface area contributed by atoms with E-state index in [0.717, 1.165) is 12.0 Å². The van der Waals surface area contributed by atoms with Crippen LogP contribution in [0.25, 0.3) is 0 Å². The lowest BCUT2D eigenvalue weighted by Gasteiger charge is -2.21. The number of benzene rings is 1. The number of carbonyl (C=O) groups is 1. The van der Waals surface area contributed by atoms with Crippen molar-refractivity contribution in [2.24, 2.45) is 0 Å². The zero-order valence-electron chi connectivity index (χ0n) is 11.6. The van der Waals surface area contributed by atoms with Crippen molar-refractivity contribution in [1.29, 1.82) is 0 Å². The molecule has 0 aliphatic carbocycles. The van der Waals surface area contributed by atoms with Gasteiger partial charge in [-0.2, -0.15) is 0 Å². The Hall–Kier alpha value is -1.33. The molecule has 1 aromatic rings. The van der Waals surface area contributed by atoms with Gasteiger partial charge in [0.05, 0.1) is 10.5 Å². The monoisotopic (exact) mass is 315 g/mol. The zero-order chi connectivity index (χ0) is 15.3. The lowest BCUT2D eigenvalue weighted by molar-refractivity contribution is 0.0770. The van der Waals surface area contributed by atoms with Crippen molar-refractivity contribution < 1.29 is 13.2 Å². The Bertz CT molecular complexity index is 611. The van der Waals surface area contributed by atoms with Crippen LogP contribution < -0.4 is 0 Å². The molecule has 1 rings (SSSR count). The fourth-order valence-electron chi connectivity index (χ4n) is 1.90. The highest BCUT2D eigenvalue weighted by Gasteiger charge is 2.23. The van der Waals surface area contributed by atoms with E-state index in [1.165, 1.54) is 6.07 Å². The second kappa shape index (κ2) is 6.90. The molecule has 0 unspecified atom stereocenters. The average Bonchev–Trinajstić information content (AvgIpc) is 2.36. The second-order valence-electron chi connectivity index (χ2n) is 4.48. The lowest BCUT2D eigenvalue weighted by atomic mass is 10.1. The maximum atomic E-state index is 12.5. The fourth-order valence-corrected chi connectivity index (χ4v) is 2.94. The van der Waals surface area contributed by atoms with Gasteiger partial charge < -0.3 is 4.90 Å². The van der Waals surface area contributed by atoms with Crippen molar-refractivity contribution in [3.05, 3.63) is 42.0 Å². The van der Waals surface area contributed by atoms with E-state index >= 15 is 0 Å². The molecule has 0 spiro atoms. The van der Waals surface area contributed by atoms with Gasteiger partial charge in [0.15, 0.2) is 0 Å². The highest BCUT2D eigenvalue weighted by Crippen LogP contribution is 2.23. The van der Waals surface area contributed by atoms with Crippen LogP contribution in [0.15, 0.2) is 35.7 Å². The number of nitrogens with zero attached hydrogens (tertiary/aromatic N) is 1. The third-order valence-corrected chi connectivity index (χ3v) is 4.14. The van der Waals surface area contributed by atoms with Crippen LogP contribution in [0.4, 0.5) is 0 Å². The average molecular weight is 316 g/mol. The van der Waals surface area contributed by atoms with Gasteiger partial charge in [-0.1, -0.05) is 24.6 Å². The van der Waals surface area contributed by atoms with E-state index in [9.17, 15) is 13.2 Å². The second-order valence-corrected chi connectivity index (χ2v) is 7.01. The molecule has 1 aromatic carbocycles. The normalized spacial score (nSPS) is 11.2. The maximum Gasteiger partial charge on any atom is 0.262 e. The van der Waals surface area contributed by atoms with Crippen LogP contribution in [0, 0.1) is 6.92 Å². The molecule has 6 heteroatoms. The molecule has 0 atom stereocenters. The Kier molecular flexibility index (Phi) is 5.77. The molecule has 0 fully saturated rings. The number of aryl methyl sites for hydroxylation is 1. The first-order valence-corrected chi connectivity index (χ1v) is 8.57. The molecule has 0 N–H and O–H groups in total. The van der Waals surface area contributed by atoms with Crippen molar-refractivity contribution in [3.63, 3.8) is 0 Å². The number of hydrogen-bond acceptors (Lipinski definition) is 3. The van der Waals surface area contributed by atoms with Gasteiger partial charge in [-0.15, -0.1) is 6.58 Å². The molecule has 0 radical (unpaired) electrons. The Balaban J connectivity index is 3.32. The maximum absolute atomic E-state index is 12.5. The summed E-state index contributed by atoms with van der Waals surface area (Å²) in [6.07, 6.45) is 2.38. The number of hydrogen-bond donors (Lipinski definition) is 0. The van der Waals surface area contributed by atoms with Gasteiger partial charge in [0.1, 0.15) is 0 Å². The van der Waals surface area contributed by atoms with Crippen molar-refractivity contribution >= 4 is 25.6 Å². The molecule has 4 nitrogen and oxygen atoms in total. The molecule has 0 bridgehead atoms. The molecule has 0 aliphatic heterocycles. The molecular formula is C14H18ClNO3S. The third kappa shape index (κ3) is 4.08. The van der Waals surface area contributed by atoms with Crippen molar-refractivity contribution in [1.82, 2.24) is 4.90 Å². The van der Waals surface area contributed by atoms with Gasteiger partial charge in [-0.25, -0.2) is 8.42 Å². The summed E-state index contributed by atoms with van der Waals surface area (Å²) in [5.41, 5.74) is 0.905. The van der Waals surface area contributed by atoms with Gasteiger partial charge in [-0.3, -0.25) is 4.79 Å². The molecule has 1 amide bonds. The topological polar surface area (TPSA) is 54.5 Å². The molecule has 0 heterocycles. The van der Waals surface area contributed by atoms with Gasteiger partial charge in [0, 0.05) is 23.8 Å². The number of amides is 1. The van der Waals surface area contributed by atoms with E-state index in [1.54, 1.807) is 30.0 Å². The first-order chi connectivity index (χ1) is 9.31. The first-order valence-electron chi connectivity index (χ1n) is 6.26. The first kappa shape index (κ1) is 16.7. The molecule has 0 saturated carbocycles. The lowest BCUT2D eigenvalue weighted by Crippen LogP contribution is -2.32. The number of rotatable bonds is 6. The van der Waals surface area contributed by atoms with Crippen LogP contribution in [0.2, 0.25) is 0 Å². The van der Waals surface area contributed by atoms with Crippen LogP contribution in [-0.4, -0.2) is 32.3 Å². The quantitative estimate of drug-likeness (QED) is 0.599. The summed E-state index contributed by atoms with van der Waals surface area (Å²) in [5.74, 6) is -0.352. The Morgan fingerprint density at radius 1 is 1.45 bits per heavy atom. The van der Waals surface area contributed by atoms with Crippen LogP contribution in [-0.2, 0) is 9.05 Å². The van der Waals surface area contributed by atoms with Gasteiger partial charge in [-0.05, 0) is 25.5 Å². The summed E-state index contributed by atoms with van der Waals surface area (Å²) in [4.78, 5) is 13.9. The number of carbonyl (C=O) groups excluding carboxylic acids is 1. The van der Waals surface area contributed by atoms with E-state index in [0.29, 0.717) is 13.1 Å². The predicted molar refractivity (Wildman–Crippen MR) is 80.6 cm³/mol. The van der Waals surface area contributed by atoms with Gasteiger partial charge in [0.2, 0.25) is 0 Å². The minimum absolute atomic E-state index is 0.107. The predicted octanol–water partition coefficient (Wildman–Crippen LogP) is 2.96. The van der Waals surface area contributed by atoms with E-state index in [2.05, 4.69) is 6.58 Å². The van der Waals surface area contributed by atoms with Crippen molar-refractivity contribution in [3.8, 4) is 0 Å². The molecule has 0 aromatic heterocycles. The van der Waals surface area contributed by atoms with Gasteiger partial charge >= 0.3 is 0 Å². The SMILES string of the molecule is C=CCN(CCC)C(=O)c1cc(C)ccc1S(=O)(=O)Cl. The van der Waals surface area contributed by atoms with Crippen LogP contribution in [0.5, 0.6) is 0 Å². The van der Waals surface area contributed by atoms with E-state index in [-0.39, 0.29) is 16.4 Å². The summed E-state index contributed by atoms with van der Waals surface area (Å²) >= 11 is 0. The van der Waals surface area contributed by atoms with Crippen LogP contribution >= 0.6 is 10.7 Å². The van der Waals surface area contributed by atoms with Crippen LogP contribution in [0.1, 0.15) is 29.3 Å². The van der Waals surface area contributed by atoms with Crippen molar-refractivity contribution in [2.75, 3.05) is 13.1 Å². The Morgan fingerprint density at radius 3 is 2.60 bits per heavy atom. The number of halogens is 1. The summed E-state index contributed by atoms with van der Waals surface area (Å²) in [6.45, 7) is 8.24. The summed E-state index contributed by atoms with van der Waals surface area (Å²) in [6, 6.07) is 4.52. The smallest absolute Gasteiger partial charge is 0.262 e. The standard InChI is InChI=1S/C14H18ClNO3S/c1-4-8-16(9-5-2)14(17)12-10-11(3)6-7-13(12)20(15,18)19/h4,6-7,10H,1,5,8-9H2,2-3H3. The largest absolute Gasteiger partial charge is 0.335 e. The molecule has 0 saturated heterocycles. The summed E-state index contributed by atoms with van der Waals surface area (Å²) in [5, 5.41) is 0. The summed E-state index contributed by atoms with van der Waals surface area (Å²) in [7, 11) is 1.44. The Labute approximate surface area is 124 Å². The Morgan fingerprint density at radius 2 is 2.10 bits per heavy atom. The molecule has 0 aliphatic rings. The molecule has 110 valence electrons. The van der Waals surface area contributed by atoms with Crippen molar-refractivity contribution in [2.45, 2.75) is 25.2 Å². The third-order valence-electron chi connectivity index (χ3n) is 2.76. The highest BCUT2D eigenvalue weighted by atomic mass is 35.7. The highest BCUT2D eigenvalue weighted by molar-refractivity contribution is 8.13. The summed E-state index contributed by atoms with van der Waals surface area (Å²) < 4.78 is 23.2. The minimum atomic E-state index is -3.96. The van der Waals surface area contributed by atoms with E-state index in [1.807, 2.05) is 6.92 Å². The molecular weight excluding hydrogens is 298 g/mol. The fraction of sp³-hybridized carbons (Fsp3) is 0.357. The van der Waals surface area contributed by atoms with E-state index < -0.39 is 9.05 Å².